The van der Waals surface area contributed by atoms with E-state index >= 15 is 0 Å². The highest BCUT2D eigenvalue weighted by Gasteiger charge is 2.28. The fourth-order valence-corrected chi connectivity index (χ4v) is 3.02. The molecule has 14 heavy (non-hydrogen) atoms. The van der Waals surface area contributed by atoms with E-state index in [0.717, 1.165) is 12.8 Å². The lowest BCUT2D eigenvalue weighted by Crippen LogP contribution is -2.28. The fraction of sp³-hybridized carbons (Fsp3) is 0.667. The zero-order chi connectivity index (χ0) is 10.6. The topological polar surface area (TPSA) is 49.7 Å². The highest BCUT2D eigenvalue weighted by Crippen LogP contribution is 2.19. The average Bonchev–Trinajstić information content (AvgIpc) is 2.66. The molecule has 0 aromatic carbocycles. The number of allylic oxidation sites excluding steroid dienone is 1. The zero-order valence-corrected chi connectivity index (χ0v) is 9.42. The maximum atomic E-state index is 11.9. The van der Waals surface area contributed by atoms with E-state index in [0.29, 0.717) is 13.1 Å². The van der Waals surface area contributed by atoms with Gasteiger partial charge in [-0.2, -0.15) is 4.31 Å². The van der Waals surface area contributed by atoms with Crippen LogP contribution in [-0.4, -0.2) is 32.0 Å². The molecule has 1 saturated heterocycles. The molecule has 5 heteroatoms. The van der Waals surface area contributed by atoms with Crippen LogP contribution in [0, 0.1) is 0 Å². The summed E-state index contributed by atoms with van der Waals surface area (Å²) in [4.78, 5) is 3.87. The molecule has 0 bridgehead atoms. The van der Waals surface area contributed by atoms with Gasteiger partial charge in [-0.25, -0.2) is 13.4 Å². The maximum absolute atomic E-state index is 11.9. The minimum atomic E-state index is -3.32. The molecule has 0 atom stereocenters. The van der Waals surface area contributed by atoms with Crippen LogP contribution in [0.15, 0.2) is 16.1 Å². The number of hydrogen-bond donors (Lipinski definition) is 0. The lowest BCUT2D eigenvalue weighted by molar-refractivity contribution is 0.483. The largest absolute Gasteiger partial charge is 0.260 e. The molecule has 0 amide bonds. The molecule has 1 heterocycles. The molecule has 0 unspecified atom stereocenters. The summed E-state index contributed by atoms with van der Waals surface area (Å²) >= 11 is 0. The average molecular weight is 216 g/mol. The second kappa shape index (κ2) is 4.70. The molecule has 80 valence electrons. The summed E-state index contributed by atoms with van der Waals surface area (Å²) in [5.41, 5.74) is 0. The maximum Gasteiger partial charge on any atom is 0.260 e. The molecule has 1 aliphatic heterocycles. The number of nitrogens with zero attached hydrogens (tertiary/aromatic N) is 2. The van der Waals surface area contributed by atoms with Crippen LogP contribution in [0.3, 0.4) is 0 Å². The van der Waals surface area contributed by atoms with Gasteiger partial charge in [-0.3, -0.25) is 0 Å². The van der Waals surface area contributed by atoms with Gasteiger partial charge in [-0.05, 0) is 32.8 Å². The van der Waals surface area contributed by atoms with E-state index < -0.39 is 10.0 Å². The first-order chi connectivity index (χ1) is 6.62. The van der Waals surface area contributed by atoms with Crippen molar-refractivity contribution in [2.75, 3.05) is 13.1 Å². The van der Waals surface area contributed by atoms with Crippen molar-refractivity contribution in [2.45, 2.75) is 26.7 Å². The third-order valence-electron chi connectivity index (χ3n) is 2.17. The first-order valence-corrected chi connectivity index (χ1v) is 6.22. The Bertz CT molecular complexity index is 338. The summed E-state index contributed by atoms with van der Waals surface area (Å²) in [6.07, 6.45) is 4.94. The third kappa shape index (κ3) is 2.22. The molecule has 0 N–H and O–H groups in total. The normalized spacial score (nSPS) is 20.9. The number of aliphatic imine (C=N–C) groups is 1. The van der Waals surface area contributed by atoms with E-state index in [1.807, 2.05) is 0 Å². The van der Waals surface area contributed by atoms with E-state index in [4.69, 9.17) is 0 Å². The quantitative estimate of drug-likeness (QED) is 0.669. The number of hydrogen-bond acceptors (Lipinski definition) is 3. The Hall–Kier alpha value is -0.680. The smallest absolute Gasteiger partial charge is 0.248 e. The van der Waals surface area contributed by atoms with E-state index in [9.17, 15) is 8.42 Å². The van der Waals surface area contributed by atoms with Crippen LogP contribution in [0.5, 0.6) is 0 Å². The molecule has 0 radical (unpaired) electrons. The molecule has 0 aromatic rings. The molecule has 1 fully saturated rings. The Morgan fingerprint density at radius 3 is 2.29 bits per heavy atom. The zero-order valence-electron chi connectivity index (χ0n) is 8.60. The summed E-state index contributed by atoms with van der Waals surface area (Å²) < 4.78 is 25.3. The number of rotatable bonds is 3. The van der Waals surface area contributed by atoms with Crippen molar-refractivity contribution in [1.29, 1.82) is 0 Å². The first-order valence-electron chi connectivity index (χ1n) is 4.78. The second-order valence-corrected chi connectivity index (χ2v) is 5.01. The van der Waals surface area contributed by atoms with Crippen LogP contribution in [0.2, 0.25) is 0 Å². The minimum absolute atomic E-state index is 0.155. The summed E-state index contributed by atoms with van der Waals surface area (Å²) in [6.45, 7) is 4.65. The highest BCUT2D eigenvalue weighted by atomic mass is 32.2. The van der Waals surface area contributed by atoms with E-state index in [-0.39, 0.29) is 5.03 Å². The molecule has 1 rings (SSSR count). The van der Waals surface area contributed by atoms with Gasteiger partial charge < -0.3 is 0 Å². The van der Waals surface area contributed by atoms with E-state index in [1.165, 1.54) is 16.6 Å². The van der Waals surface area contributed by atoms with Crippen molar-refractivity contribution in [2.24, 2.45) is 4.99 Å². The Morgan fingerprint density at radius 2 is 1.86 bits per heavy atom. The van der Waals surface area contributed by atoms with Crippen LogP contribution < -0.4 is 0 Å². The van der Waals surface area contributed by atoms with Crippen molar-refractivity contribution in [3.8, 4) is 0 Å². The Balaban J connectivity index is 2.93. The van der Waals surface area contributed by atoms with Gasteiger partial charge in [0.25, 0.3) is 10.0 Å². The Labute approximate surface area is 85.4 Å². The standard InChI is InChI=1S/C9H16N2O2S/c1-3-9(10-4-2)14(12,13)11-7-5-6-8-11/h3-4H,5-8H2,1-2H3/b9-3+,10-4-. The van der Waals surface area contributed by atoms with Gasteiger partial charge in [-0.15, -0.1) is 0 Å². The molecule has 4 nitrogen and oxygen atoms in total. The van der Waals surface area contributed by atoms with Gasteiger partial charge in [0.15, 0.2) is 5.03 Å². The second-order valence-electron chi connectivity index (χ2n) is 3.13. The van der Waals surface area contributed by atoms with Crippen molar-refractivity contribution in [3.63, 3.8) is 0 Å². The molecule has 0 spiro atoms. The summed E-state index contributed by atoms with van der Waals surface area (Å²) in [5.74, 6) is 0. The summed E-state index contributed by atoms with van der Waals surface area (Å²) in [6, 6.07) is 0. The SMILES string of the molecule is C/C=N\C(=C/C)S(=O)(=O)N1CCCC1. The molecule has 1 aliphatic rings. The van der Waals surface area contributed by atoms with Gasteiger partial charge >= 0.3 is 0 Å². The predicted octanol–water partition coefficient (Wildman–Crippen LogP) is 1.36. The van der Waals surface area contributed by atoms with Gasteiger partial charge in [0.2, 0.25) is 0 Å². The molecular formula is C9H16N2O2S. The molecular weight excluding hydrogens is 200 g/mol. The lowest BCUT2D eigenvalue weighted by Gasteiger charge is -2.14. The van der Waals surface area contributed by atoms with Crippen molar-refractivity contribution < 1.29 is 8.42 Å². The molecule has 0 aliphatic carbocycles. The van der Waals surface area contributed by atoms with Gasteiger partial charge in [0.05, 0.1) is 0 Å². The van der Waals surface area contributed by atoms with E-state index in [1.54, 1.807) is 13.8 Å². The van der Waals surface area contributed by atoms with E-state index in [2.05, 4.69) is 4.99 Å². The van der Waals surface area contributed by atoms with Crippen molar-refractivity contribution in [3.05, 3.63) is 11.1 Å². The third-order valence-corrected chi connectivity index (χ3v) is 4.09. The predicted molar refractivity (Wildman–Crippen MR) is 57.6 cm³/mol. The lowest BCUT2D eigenvalue weighted by atomic mass is 10.4. The van der Waals surface area contributed by atoms with Gasteiger partial charge in [0, 0.05) is 19.3 Å². The summed E-state index contributed by atoms with van der Waals surface area (Å²) in [5, 5.41) is 0.155. The Kier molecular flexibility index (Phi) is 3.83. The van der Waals surface area contributed by atoms with Gasteiger partial charge in [0.1, 0.15) is 0 Å². The molecule has 0 aromatic heterocycles. The fourth-order valence-electron chi connectivity index (χ4n) is 1.48. The van der Waals surface area contributed by atoms with Crippen LogP contribution in [0.4, 0.5) is 0 Å². The Morgan fingerprint density at radius 1 is 1.29 bits per heavy atom. The number of sulfonamides is 1. The summed E-state index contributed by atoms with van der Waals surface area (Å²) in [7, 11) is -3.32. The van der Waals surface area contributed by atoms with Crippen molar-refractivity contribution in [1.82, 2.24) is 4.31 Å². The minimum Gasteiger partial charge on any atom is -0.248 e. The first kappa shape index (κ1) is 11.4. The van der Waals surface area contributed by atoms with Gasteiger partial charge in [-0.1, -0.05) is 0 Å². The van der Waals surface area contributed by atoms with Crippen LogP contribution >= 0.6 is 0 Å². The monoisotopic (exact) mass is 216 g/mol. The van der Waals surface area contributed by atoms with Crippen molar-refractivity contribution >= 4 is 16.2 Å². The molecule has 0 saturated carbocycles. The van der Waals surface area contributed by atoms with Crippen LogP contribution in [0.1, 0.15) is 26.7 Å². The highest BCUT2D eigenvalue weighted by molar-refractivity contribution is 7.93. The van der Waals surface area contributed by atoms with Crippen LogP contribution in [-0.2, 0) is 10.0 Å². The van der Waals surface area contributed by atoms with Crippen LogP contribution in [0.25, 0.3) is 0 Å².